The van der Waals surface area contributed by atoms with E-state index in [1.165, 1.54) is 6.20 Å². The van der Waals surface area contributed by atoms with Gasteiger partial charge in [0.15, 0.2) is 0 Å². The number of amides is 5. The molecule has 0 saturated heterocycles. The van der Waals surface area contributed by atoms with Gasteiger partial charge in [-0.05, 0) is 61.1 Å². The highest BCUT2D eigenvalue weighted by atomic mass is 16.2. The minimum Gasteiger partial charge on any atom is -0.387 e. The van der Waals surface area contributed by atoms with Gasteiger partial charge in [-0.2, -0.15) is 0 Å². The van der Waals surface area contributed by atoms with E-state index in [4.69, 9.17) is 5.73 Å². The largest absolute Gasteiger partial charge is 0.387 e. The number of hydrogen-bond acceptors (Lipinski definition) is 8. The molecule has 6 N–H and O–H groups in total. The summed E-state index contributed by atoms with van der Waals surface area (Å²) in [5.41, 5.74) is 10.3. The first-order valence-electron chi connectivity index (χ1n) is 18.2. The van der Waals surface area contributed by atoms with Crippen molar-refractivity contribution in [3.05, 3.63) is 94.8 Å². The molecule has 13 nitrogen and oxygen atoms in total. The molecule has 4 rings (SSSR count). The van der Waals surface area contributed by atoms with Crippen molar-refractivity contribution >= 4 is 53.3 Å². The van der Waals surface area contributed by atoms with Crippen LogP contribution in [0.2, 0.25) is 0 Å². The normalized spacial score (nSPS) is 12.6. The van der Waals surface area contributed by atoms with Gasteiger partial charge in [0.2, 0.25) is 24.1 Å². The molecule has 2 aromatic carbocycles. The fourth-order valence-electron chi connectivity index (χ4n) is 5.97. The SMILES string of the molecule is CCCN(CCC)C(=O)C1=Cc2ccc(C(=O)Nc3cncc(CNC(=O)C(Cc4ccccc4)NC(=O)CCCCCNC=O)c3)cc2N=C(N)C1. The number of nitrogens with two attached hydrogens (primary N) is 1. The van der Waals surface area contributed by atoms with Gasteiger partial charge in [-0.3, -0.25) is 29.0 Å². The van der Waals surface area contributed by atoms with E-state index in [1.54, 1.807) is 36.5 Å². The third-order valence-corrected chi connectivity index (χ3v) is 8.57. The summed E-state index contributed by atoms with van der Waals surface area (Å²) in [5, 5.41) is 11.2. The van der Waals surface area contributed by atoms with Gasteiger partial charge in [0.05, 0.1) is 17.6 Å². The molecule has 53 heavy (non-hydrogen) atoms. The lowest BCUT2D eigenvalue weighted by atomic mass is 10.0. The van der Waals surface area contributed by atoms with E-state index in [0.717, 1.165) is 31.2 Å². The Bertz CT molecular complexity index is 1790. The average molecular weight is 723 g/mol. The number of aromatic nitrogens is 1. The molecule has 1 atom stereocenters. The van der Waals surface area contributed by atoms with Crippen LogP contribution in [0, 0.1) is 0 Å². The van der Waals surface area contributed by atoms with Crippen molar-refractivity contribution in [2.45, 2.75) is 77.8 Å². The molecule has 5 amide bonds. The molecule has 0 fully saturated rings. The molecular weight excluding hydrogens is 672 g/mol. The topological polar surface area (TPSA) is 188 Å². The monoisotopic (exact) mass is 722 g/mol. The van der Waals surface area contributed by atoms with Crippen LogP contribution in [0.25, 0.3) is 6.08 Å². The second kappa shape index (κ2) is 20.9. The van der Waals surface area contributed by atoms with Gasteiger partial charge in [0.25, 0.3) is 5.91 Å². The van der Waals surface area contributed by atoms with Crippen LogP contribution in [0.1, 0.15) is 85.8 Å². The fraction of sp³-hybridized carbons (Fsp3) is 0.375. The summed E-state index contributed by atoms with van der Waals surface area (Å²) in [5.74, 6) is -0.735. The van der Waals surface area contributed by atoms with Gasteiger partial charge in [0.1, 0.15) is 11.9 Å². The van der Waals surface area contributed by atoms with E-state index in [0.29, 0.717) is 78.4 Å². The Morgan fingerprint density at radius 3 is 2.45 bits per heavy atom. The van der Waals surface area contributed by atoms with Crippen molar-refractivity contribution in [1.29, 1.82) is 0 Å². The van der Waals surface area contributed by atoms with E-state index in [-0.39, 0.29) is 37.1 Å². The molecule has 0 saturated carbocycles. The predicted molar refractivity (Wildman–Crippen MR) is 206 cm³/mol. The number of benzene rings is 2. The molecule has 2 heterocycles. The number of hydrogen-bond donors (Lipinski definition) is 5. The predicted octanol–water partition coefficient (Wildman–Crippen LogP) is 4.41. The minimum atomic E-state index is -0.793. The maximum Gasteiger partial charge on any atom is 0.255 e. The standard InChI is InChI=1S/C40H50N8O5/c1-3-17-48(18-4-2)40(53)32-21-30-14-15-31(22-34(30)46-36(41)23-32)38(51)45-33-19-29(24-43-26-33)25-44-39(52)35(20-28-11-7-5-8-12-28)47-37(50)13-9-6-10-16-42-27-49/h5,7-8,11-12,14-15,19,21-22,24,26-27,35H,3-4,6,9-10,13,16-18,20,23,25H2,1-2H3,(H2,41,46)(H,42,49)(H,44,52)(H,45,51)(H,47,50). The molecule has 1 unspecified atom stereocenters. The van der Waals surface area contributed by atoms with Gasteiger partial charge < -0.3 is 31.9 Å². The Labute approximate surface area is 310 Å². The maximum atomic E-state index is 13.4. The maximum absolute atomic E-state index is 13.4. The van der Waals surface area contributed by atoms with E-state index in [2.05, 4.69) is 31.2 Å². The summed E-state index contributed by atoms with van der Waals surface area (Å²) in [7, 11) is 0. The van der Waals surface area contributed by atoms with Crippen molar-refractivity contribution in [2.24, 2.45) is 10.7 Å². The van der Waals surface area contributed by atoms with Gasteiger partial charge >= 0.3 is 0 Å². The zero-order valence-electron chi connectivity index (χ0n) is 30.5. The van der Waals surface area contributed by atoms with Gasteiger partial charge in [-0.25, -0.2) is 4.99 Å². The zero-order valence-corrected chi connectivity index (χ0v) is 30.5. The summed E-state index contributed by atoms with van der Waals surface area (Å²) >= 11 is 0. The van der Waals surface area contributed by atoms with E-state index in [1.807, 2.05) is 49.1 Å². The van der Waals surface area contributed by atoms with Gasteiger partial charge in [-0.15, -0.1) is 0 Å². The number of aliphatic imine (C=N–C) groups is 1. The van der Waals surface area contributed by atoms with Crippen molar-refractivity contribution in [1.82, 2.24) is 25.8 Å². The number of pyridine rings is 1. The highest BCUT2D eigenvalue weighted by Crippen LogP contribution is 2.29. The van der Waals surface area contributed by atoms with Crippen molar-refractivity contribution in [3.63, 3.8) is 0 Å². The molecule has 13 heteroatoms. The average Bonchev–Trinajstić information content (AvgIpc) is 3.32. The van der Waals surface area contributed by atoms with Crippen LogP contribution in [0.15, 0.2) is 77.6 Å². The van der Waals surface area contributed by atoms with Crippen molar-refractivity contribution in [2.75, 3.05) is 25.0 Å². The number of anilines is 1. The van der Waals surface area contributed by atoms with Crippen LogP contribution in [-0.2, 0) is 32.1 Å². The van der Waals surface area contributed by atoms with Crippen LogP contribution in [0.4, 0.5) is 11.4 Å². The number of nitrogens with zero attached hydrogens (tertiary/aromatic N) is 3. The second-order valence-corrected chi connectivity index (χ2v) is 13.0. The lowest BCUT2D eigenvalue weighted by Crippen LogP contribution is -2.47. The van der Waals surface area contributed by atoms with E-state index < -0.39 is 11.9 Å². The highest BCUT2D eigenvalue weighted by molar-refractivity contribution is 6.08. The first-order valence-corrected chi connectivity index (χ1v) is 18.2. The molecular formula is C40H50N8O5. The molecule has 0 bridgehead atoms. The third-order valence-electron chi connectivity index (χ3n) is 8.57. The van der Waals surface area contributed by atoms with Crippen LogP contribution in [-0.4, -0.2) is 71.4 Å². The zero-order chi connectivity index (χ0) is 38.0. The molecule has 1 aromatic heterocycles. The number of nitrogens with one attached hydrogen (secondary N) is 4. The summed E-state index contributed by atoms with van der Waals surface area (Å²) in [4.78, 5) is 73.8. The molecule has 1 aliphatic rings. The quantitative estimate of drug-likeness (QED) is 0.0844. The number of fused-ring (bicyclic) bond motifs is 1. The van der Waals surface area contributed by atoms with Crippen LogP contribution >= 0.6 is 0 Å². The van der Waals surface area contributed by atoms with E-state index in [9.17, 15) is 24.0 Å². The number of rotatable bonds is 20. The van der Waals surface area contributed by atoms with Crippen molar-refractivity contribution < 1.29 is 24.0 Å². The molecule has 280 valence electrons. The molecule has 0 radical (unpaired) electrons. The molecule has 3 aromatic rings. The second-order valence-electron chi connectivity index (χ2n) is 13.0. The molecule has 0 spiro atoms. The first-order chi connectivity index (χ1) is 25.7. The summed E-state index contributed by atoms with van der Waals surface area (Å²) < 4.78 is 0. The third kappa shape index (κ3) is 12.7. The Morgan fingerprint density at radius 2 is 1.72 bits per heavy atom. The van der Waals surface area contributed by atoms with Crippen molar-refractivity contribution in [3.8, 4) is 0 Å². The summed E-state index contributed by atoms with van der Waals surface area (Å²) in [6.45, 7) is 6.07. The number of amidine groups is 1. The number of carbonyl (C=O) groups excluding carboxylic acids is 5. The summed E-state index contributed by atoms with van der Waals surface area (Å²) in [6.07, 6.45) is 10.2. The summed E-state index contributed by atoms with van der Waals surface area (Å²) in [6, 6.07) is 15.4. The molecule has 1 aliphatic heterocycles. The lowest BCUT2D eigenvalue weighted by molar-refractivity contribution is -0.129. The first kappa shape index (κ1) is 39.9. The number of unbranched alkanes of at least 4 members (excludes halogenated alkanes) is 2. The van der Waals surface area contributed by atoms with Crippen LogP contribution in [0.3, 0.4) is 0 Å². The van der Waals surface area contributed by atoms with Crippen LogP contribution < -0.4 is 27.0 Å². The Hall–Kier alpha value is -5.85. The Kier molecular flexibility index (Phi) is 15.7. The smallest absolute Gasteiger partial charge is 0.255 e. The minimum absolute atomic E-state index is 0.0608. The van der Waals surface area contributed by atoms with Gasteiger partial charge in [-0.1, -0.05) is 56.7 Å². The molecule has 0 aliphatic carbocycles. The van der Waals surface area contributed by atoms with E-state index >= 15 is 0 Å². The lowest BCUT2D eigenvalue weighted by Gasteiger charge is -2.22. The Morgan fingerprint density at radius 1 is 0.943 bits per heavy atom. The Balaban J connectivity index is 1.39. The number of carbonyl (C=O) groups is 5. The van der Waals surface area contributed by atoms with Gasteiger partial charge in [0, 0.05) is 68.3 Å². The fourth-order valence-corrected chi connectivity index (χ4v) is 5.97. The van der Waals surface area contributed by atoms with Crippen LogP contribution in [0.5, 0.6) is 0 Å². The highest BCUT2D eigenvalue weighted by Gasteiger charge is 2.23.